The van der Waals surface area contributed by atoms with Crippen LogP contribution >= 0.6 is 0 Å². The summed E-state index contributed by atoms with van der Waals surface area (Å²) in [6.45, 7) is 13.5. The SMILES string of the molecule is Cc1noc(C)c1CC(=O)N1CCN(CC(=O)N(Cc2ccccc2)C(C)(C)C)CC1. The Morgan fingerprint density at radius 3 is 2.26 bits per heavy atom. The highest BCUT2D eigenvalue weighted by Gasteiger charge is 2.29. The number of amides is 2. The average Bonchev–Trinajstić information content (AvgIpc) is 3.04. The number of piperazine rings is 1. The minimum Gasteiger partial charge on any atom is -0.361 e. The summed E-state index contributed by atoms with van der Waals surface area (Å²) in [6, 6.07) is 10.1. The molecule has 1 aromatic heterocycles. The molecule has 2 amide bonds. The molecule has 0 saturated carbocycles. The van der Waals surface area contributed by atoms with E-state index in [0.29, 0.717) is 51.4 Å². The molecule has 0 atom stereocenters. The number of rotatable bonds is 6. The first kappa shape index (κ1) is 23.0. The van der Waals surface area contributed by atoms with E-state index in [0.717, 1.165) is 16.8 Å². The normalized spacial score (nSPS) is 15.2. The Bertz CT molecular complexity index is 874. The smallest absolute Gasteiger partial charge is 0.237 e. The first-order valence-corrected chi connectivity index (χ1v) is 10.9. The minimum atomic E-state index is -0.265. The van der Waals surface area contributed by atoms with Crippen LogP contribution < -0.4 is 0 Å². The molecule has 1 aliphatic heterocycles. The van der Waals surface area contributed by atoms with Crippen LogP contribution in [0.3, 0.4) is 0 Å². The van der Waals surface area contributed by atoms with E-state index in [1.165, 1.54) is 0 Å². The van der Waals surface area contributed by atoms with Crippen LogP contribution in [-0.4, -0.2) is 69.9 Å². The van der Waals surface area contributed by atoms with E-state index >= 15 is 0 Å². The third-order valence-electron chi connectivity index (χ3n) is 5.89. The van der Waals surface area contributed by atoms with Crippen LogP contribution in [0.2, 0.25) is 0 Å². The number of hydrogen-bond donors (Lipinski definition) is 0. The fraction of sp³-hybridized carbons (Fsp3) is 0.542. The van der Waals surface area contributed by atoms with Gasteiger partial charge in [0.15, 0.2) is 0 Å². The fourth-order valence-corrected chi connectivity index (χ4v) is 3.91. The van der Waals surface area contributed by atoms with Crippen molar-refractivity contribution in [2.75, 3.05) is 32.7 Å². The van der Waals surface area contributed by atoms with Crippen molar-refractivity contribution in [1.29, 1.82) is 0 Å². The van der Waals surface area contributed by atoms with E-state index in [-0.39, 0.29) is 17.4 Å². The van der Waals surface area contributed by atoms with Gasteiger partial charge >= 0.3 is 0 Å². The van der Waals surface area contributed by atoms with Gasteiger partial charge in [-0.3, -0.25) is 14.5 Å². The van der Waals surface area contributed by atoms with Gasteiger partial charge in [0.05, 0.1) is 18.7 Å². The molecular weight excluding hydrogens is 392 g/mol. The second-order valence-corrected chi connectivity index (χ2v) is 9.27. The zero-order valence-corrected chi connectivity index (χ0v) is 19.4. The van der Waals surface area contributed by atoms with Gasteiger partial charge in [0.2, 0.25) is 11.8 Å². The highest BCUT2D eigenvalue weighted by molar-refractivity contribution is 5.80. The second-order valence-electron chi connectivity index (χ2n) is 9.27. The molecule has 1 aliphatic rings. The number of aromatic nitrogens is 1. The van der Waals surface area contributed by atoms with Crippen molar-refractivity contribution in [1.82, 2.24) is 19.9 Å². The maximum atomic E-state index is 13.2. The summed E-state index contributed by atoms with van der Waals surface area (Å²) in [5.74, 6) is 0.906. The van der Waals surface area contributed by atoms with E-state index in [1.807, 2.05) is 41.8 Å². The Kier molecular flexibility index (Phi) is 7.15. The van der Waals surface area contributed by atoms with Gasteiger partial charge in [0.25, 0.3) is 0 Å². The van der Waals surface area contributed by atoms with Crippen molar-refractivity contribution in [2.24, 2.45) is 0 Å². The quantitative estimate of drug-likeness (QED) is 0.710. The Morgan fingerprint density at radius 2 is 1.71 bits per heavy atom. The van der Waals surface area contributed by atoms with Crippen molar-refractivity contribution in [3.05, 3.63) is 52.9 Å². The van der Waals surface area contributed by atoms with Crippen LogP contribution in [0.5, 0.6) is 0 Å². The van der Waals surface area contributed by atoms with E-state index in [9.17, 15) is 9.59 Å². The molecule has 0 aliphatic carbocycles. The van der Waals surface area contributed by atoms with Gasteiger partial charge in [-0.25, -0.2) is 0 Å². The topological polar surface area (TPSA) is 69.9 Å². The summed E-state index contributed by atoms with van der Waals surface area (Å²) < 4.78 is 5.17. The van der Waals surface area contributed by atoms with Crippen molar-refractivity contribution >= 4 is 11.8 Å². The summed E-state index contributed by atoms with van der Waals surface area (Å²) in [4.78, 5) is 31.8. The Labute approximate surface area is 185 Å². The molecule has 1 saturated heterocycles. The van der Waals surface area contributed by atoms with Crippen LogP contribution in [0.25, 0.3) is 0 Å². The number of carbonyl (C=O) groups excluding carboxylic acids is 2. The number of nitrogens with zero attached hydrogens (tertiary/aromatic N) is 4. The molecule has 168 valence electrons. The molecule has 7 nitrogen and oxygen atoms in total. The highest BCUT2D eigenvalue weighted by Crippen LogP contribution is 2.19. The lowest BCUT2D eigenvalue weighted by Gasteiger charge is -2.39. The van der Waals surface area contributed by atoms with Gasteiger partial charge in [0.1, 0.15) is 5.76 Å². The van der Waals surface area contributed by atoms with E-state index in [1.54, 1.807) is 0 Å². The van der Waals surface area contributed by atoms with E-state index < -0.39 is 0 Å². The van der Waals surface area contributed by atoms with Crippen molar-refractivity contribution in [3.63, 3.8) is 0 Å². The molecular formula is C24H34N4O3. The Hall–Kier alpha value is -2.67. The van der Waals surface area contributed by atoms with Crippen LogP contribution in [0.4, 0.5) is 0 Å². The fourth-order valence-electron chi connectivity index (χ4n) is 3.91. The largest absolute Gasteiger partial charge is 0.361 e. The van der Waals surface area contributed by atoms with E-state index in [4.69, 9.17) is 4.52 Å². The highest BCUT2D eigenvalue weighted by atomic mass is 16.5. The molecule has 0 radical (unpaired) electrons. The maximum absolute atomic E-state index is 13.2. The zero-order valence-electron chi connectivity index (χ0n) is 19.4. The van der Waals surface area contributed by atoms with Gasteiger partial charge in [-0.05, 0) is 40.2 Å². The second kappa shape index (κ2) is 9.64. The summed E-state index contributed by atoms with van der Waals surface area (Å²) in [6.07, 6.45) is 0.314. The van der Waals surface area contributed by atoms with Gasteiger partial charge in [-0.15, -0.1) is 0 Å². The number of carbonyl (C=O) groups is 2. The average molecular weight is 427 g/mol. The first-order chi connectivity index (χ1) is 14.6. The zero-order chi connectivity index (χ0) is 22.6. The minimum absolute atomic E-state index is 0.0840. The molecule has 2 heterocycles. The third-order valence-corrected chi connectivity index (χ3v) is 5.89. The monoisotopic (exact) mass is 426 g/mol. The molecule has 2 aromatic rings. The standard InChI is InChI=1S/C24H34N4O3/c1-18-21(19(2)31-25-18)15-22(29)27-13-11-26(12-14-27)17-23(30)28(24(3,4)5)16-20-9-7-6-8-10-20/h6-10H,11-17H2,1-5H3. The van der Waals surface area contributed by atoms with E-state index in [2.05, 4.69) is 43.0 Å². The van der Waals surface area contributed by atoms with Gasteiger partial charge in [-0.1, -0.05) is 35.5 Å². The van der Waals surface area contributed by atoms with Gasteiger partial charge in [-0.2, -0.15) is 0 Å². The summed E-state index contributed by atoms with van der Waals surface area (Å²) >= 11 is 0. The molecule has 1 aromatic carbocycles. The molecule has 3 rings (SSSR count). The predicted molar refractivity (Wildman–Crippen MR) is 119 cm³/mol. The molecule has 0 spiro atoms. The molecule has 0 unspecified atom stereocenters. The number of benzene rings is 1. The lowest BCUT2D eigenvalue weighted by atomic mass is 10.0. The Morgan fingerprint density at radius 1 is 1.06 bits per heavy atom. The number of hydrogen-bond acceptors (Lipinski definition) is 5. The molecule has 31 heavy (non-hydrogen) atoms. The lowest BCUT2D eigenvalue weighted by Crippen LogP contribution is -2.54. The summed E-state index contributed by atoms with van der Waals surface area (Å²) in [5, 5.41) is 3.93. The van der Waals surface area contributed by atoms with Crippen LogP contribution in [0.1, 0.15) is 43.4 Å². The predicted octanol–water partition coefficient (Wildman–Crippen LogP) is 2.81. The van der Waals surface area contributed by atoms with Gasteiger partial charge in [0, 0.05) is 43.8 Å². The van der Waals surface area contributed by atoms with Crippen molar-refractivity contribution < 1.29 is 14.1 Å². The lowest BCUT2D eigenvalue weighted by molar-refractivity contribution is -0.139. The van der Waals surface area contributed by atoms with Crippen LogP contribution in [-0.2, 0) is 22.6 Å². The van der Waals surface area contributed by atoms with Gasteiger partial charge < -0.3 is 14.3 Å². The number of aryl methyl sites for hydroxylation is 2. The van der Waals surface area contributed by atoms with Crippen molar-refractivity contribution in [2.45, 2.75) is 53.1 Å². The molecule has 1 fully saturated rings. The summed E-state index contributed by atoms with van der Waals surface area (Å²) in [7, 11) is 0. The van der Waals surface area contributed by atoms with Crippen LogP contribution in [0.15, 0.2) is 34.9 Å². The maximum Gasteiger partial charge on any atom is 0.237 e. The Balaban J connectivity index is 1.54. The molecule has 7 heteroatoms. The van der Waals surface area contributed by atoms with Crippen LogP contribution in [0, 0.1) is 13.8 Å². The molecule has 0 bridgehead atoms. The third kappa shape index (κ3) is 5.94. The first-order valence-electron chi connectivity index (χ1n) is 10.9. The summed E-state index contributed by atoms with van der Waals surface area (Å²) in [5.41, 5.74) is 2.51. The van der Waals surface area contributed by atoms with Crippen molar-refractivity contribution in [3.8, 4) is 0 Å². The molecule has 0 N–H and O–H groups in total.